The fourth-order valence-electron chi connectivity index (χ4n) is 3.76. The number of nitrogens with zero attached hydrogens (tertiary/aromatic N) is 4. The third kappa shape index (κ3) is 4.27. The van der Waals surface area contributed by atoms with Crippen LogP contribution < -0.4 is 0 Å². The van der Waals surface area contributed by atoms with Crippen molar-refractivity contribution in [3.63, 3.8) is 0 Å². The summed E-state index contributed by atoms with van der Waals surface area (Å²) in [6.07, 6.45) is 1.19. The molecule has 0 bridgehead atoms. The quantitative estimate of drug-likeness (QED) is 0.488. The first-order chi connectivity index (χ1) is 15.2. The highest BCUT2D eigenvalue weighted by molar-refractivity contribution is 6.39. The van der Waals surface area contributed by atoms with Gasteiger partial charge in [0.2, 0.25) is 0 Å². The molecule has 0 radical (unpaired) electrons. The van der Waals surface area contributed by atoms with Crippen LogP contribution in [0, 0.1) is 0 Å². The summed E-state index contributed by atoms with van der Waals surface area (Å²) in [6.45, 7) is 7.02. The van der Waals surface area contributed by atoms with Crippen molar-refractivity contribution >= 4 is 46.1 Å². The number of aromatic nitrogens is 2. The number of benzene rings is 1. The predicted molar refractivity (Wildman–Crippen MR) is 125 cm³/mol. The number of para-hydroxylation sites is 1. The zero-order chi connectivity index (χ0) is 23.0. The lowest BCUT2D eigenvalue weighted by Gasteiger charge is -2.35. The van der Waals surface area contributed by atoms with Gasteiger partial charge in [-0.25, -0.2) is 9.78 Å². The van der Waals surface area contributed by atoms with E-state index in [9.17, 15) is 9.59 Å². The second kappa shape index (κ2) is 8.64. The molecule has 2 amide bonds. The fourth-order valence-corrected chi connectivity index (χ4v) is 4.37. The van der Waals surface area contributed by atoms with Crippen LogP contribution in [-0.4, -0.2) is 63.1 Å². The van der Waals surface area contributed by atoms with E-state index in [4.69, 9.17) is 27.9 Å². The number of piperazine rings is 1. The molecule has 9 heteroatoms. The zero-order valence-electron chi connectivity index (χ0n) is 18.1. The minimum Gasteiger partial charge on any atom is -0.444 e. The maximum absolute atomic E-state index is 13.5. The lowest BCUT2D eigenvalue weighted by Crippen LogP contribution is -2.51. The molecule has 1 aliphatic heterocycles. The zero-order valence-corrected chi connectivity index (χ0v) is 19.7. The summed E-state index contributed by atoms with van der Waals surface area (Å²) >= 11 is 13.2. The largest absolute Gasteiger partial charge is 0.444 e. The Balaban J connectivity index is 1.64. The van der Waals surface area contributed by atoms with E-state index in [1.54, 1.807) is 26.6 Å². The maximum atomic E-state index is 13.5. The Kier molecular flexibility index (Phi) is 6.05. The van der Waals surface area contributed by atoms with Gasteiger partial charge in [0.05, 0.1) is 11.1 Å². The van der Waals surface area contributed by atoms with Crippen LogP contribution in [0.4, 0.5) is 4.79 Å². The van der Waals surface area contributed by atoms with Gasteiger partial charge in [0.25, 0.3) is 5.91 Å². The van der Waals surface area contributed by atoms with Crippen molar-refractivity contribution in [3.05, 3.63) is 58.5 Å². The summed E-state index contributed by atoms with van der Waals surface area (Å²) in [5, 5.41) is 1.18. The van der Waals surface area contributed by atoms with Crippen LogP contribution in [-0.2, 0) is 4.74 Å². The van der Waals surface area contributed by atoms with Crippen molar-refractivity contribution < 1.29 is 14.3 Å². The monoisotopic (exact) mass is 474 g/mol. The molecule has 7 nitrogen and oxygen atoms in total. The normalized spacial score (nSPS) is 14.7. The number of amides is 2. The van der Waals surface area contributed by atoms with E-state index in [-0.39, 0.29) is 22.3 Å². The molecule has 0 unspecified atom stereocenters. The van der Waals surface area contributed by atoms with Gasteiger partial charge in [0.15, 0.2) is 5.15 Å². The van der Waals surface area contributed by atoms with E-state index >= 15 is 0 Å². The number of ether oxygens (including phenoxy) is 1. The number of hydrogen-bond donors (Lipinski definition) is 0. The van der Waals surface area contributed by atoms with Gasteiger partial charge < -0.3 is 14.5 Å². The summed E-state index contributed by atoms with van der Waals surface area (Å²) < 4.78 is 7.18. The minimum atomic E-state index is -0.565. The van der Waals surface area contributed by atoms with E-state index in [0.29, 0.717) is 42.6 Å². The van der Waals surface area contributed by atoms with Gasteiger partial charge >= 0.3 is 6.09 Å². The van der Waals surface area contributed by atoms with Gasteiger partial charge in [-0.1, -0.05) is 41.4 Å². The van der Waals surface area contributed by atoms with Crippen LogP contribution in [0.5, 0.6) is 0 Å². The molecule has 1 saturated heterocycles. The Hall–Kier alpha value is -2.77. The van der Waals surface area contributed by atoms with Gasteiger partial charge in [0, 0.05) is 43.4 Å². The first-order valence-electron chi connectivity index (χ1n) is 10.3. The molecule has 0 N–H and O–H groups in total. The fraction of sp³-hybridized carbons (Fsp3) is 0.348. The van der Waals surface area contributed by atoms with Gasteiger partial charge in [-0.2, -0.15) is 0 Å². The number of fused-ring (bicyclic) bond motifs is 1. The molecule has 0 atom stereocenters. The number of pyridine rings is 1. The summed E-state index contributed by atoms with van der Waals surface area (Å²) in [7, 11) is 0. The molecule has 32 heavy (non-hydrogen) atoms. The Morgan fingerprint density at radius 3 is 2.22 bits per heavy atom. The van der Waals surface area contributed by atoms with E-state index < -0.39 is 5.60 Å². The molecule has 3 aromatic rings. The highest BCUT2D eigenvalue weighted by atomic mass is 35.5. The number of hydrogen-bond acceptors (Lipinski definition) is 4. The topological polar surface area (TPSA) is 67.7 Å². The van der Waals surface area contributed by atoms with Gasteiger partial charge in [-0.05, 0) is 39.0 Å². The molecule has 1 aromatic carbocycles. The van der Waals surface area contributed by atoms with E-state index in [1.807, 2.05) is 51.1 Å². The van der Waals surface area contributed by atoms with E-state index in [0.717, 1.165) is 5.69 Å². The highest BCUT2D eigenvalue weighted by Crippen LogP contribution is 2.36. The van der Waals surface area contributed by atoms with Gasteiger partial charge in [-0.15, -0.1) is 0 Å². The Morgan fingerprint density at radius 1 is 0.969 bits per heavy atom. The first-order valence-corrected chi connectivity index (χ1v) is 11.1. The van der Waals surface area contributed by atoms with Crippen LogP contribution >= 0.6 is 23.2 Å². The first kappa shape index (κ1) is 22.4. The number of carbonyl (C=O) groups is 2. The minimum absolute atomic E-state index is 0.208. The van der Waals surface area contributed by atoms with Crippen molar-refractivity contribution in [1.29, 1.82) is 0 Å². The van der Waals surface area contributed by atoms with Crippen LogP contribution in [0.15, 0.2) is 42.6 Å². The third-order valence-electron chi connectivity index (χ3n) is 5.22. The lowest BCUT2D eigenvalue weighted by atomic mass is 10.1. The van der Waals surface area contributed by atoms with E-state index in [1.165, 1.54) is 0 Å². The smallest absolute Gasteiger partial charge is 0.410 e. The second-order valence-electron chi connectivity index (χ2n) is 8.59. The maximum Gasteiger partial charge on any atom is 0.410 e. The standard InChI is InChI=1S/C23H24Cl2N4O3/c1-23(2,3)32-22(31)28-13-11-27(12-14-28)21(30)17-16-9-10-26-19(24)18(16)29(20(17)25)15-7-5-4-6-8-15/h4-10H,11-14H2,1-3H3. The third-order valence-corrected chi connectivity index (χ3v) is 5.86. The molecule has 1 aliphatic rings. The lowest BCUT2D eigenvalue weighted by molar-refractivity contribution is 0.0141. The van der Waals surface area contributed by atoms with Crippen molar-refractivity contribution in [3.8, 4) is 5.69 Å². The molecular formula is C23H24Cl2N4O3. The molecule has 2 aromatic heterocycles. The van der Waals surface area contributed by atoms with Crippen molar-refractivity contribution in [2.24, 2.45) is 0 Å². The Bertz CT molecular complexity index is 1160. The van der Waals surface area contributed by atoms with Crippen LogP contribution in [0.2, 0.25) is 10.3 Å². The summed E-state index contributed by atoms with van der Waals surface area (Å²) in [6, 6.07) is 11.2. The average molecular weight is 475 g/mol. The van der Waals surface area contributed by atoms with Crippen molar-refractivity contribution in [2.45, 2.75) is 26.4 Å². The predicted octanol–water partition coefficient (Wildman–Crippen LogP) is 5.03. The molecule has 4 rings (SSSR count). The van der Waals surface area contributed by atoms with Crippen molar-refractivity contribution in [1.82, 2.24) is 19.4 Å². The SMILES string of the molecule is CC(C)(C)OC(=O)N1CCN(C(=O)c2c(Cl)n(-c3ccccc3)c3c(Cl)nccc23)CC1. The molecule has 1 fully saturated rings. The Morgan fingerprint density at radius 2 is 1.59 bits per heavy atom. The molecule has 3 heterocycles. The van der Waals surface area contributed by atoms with E-state index in [2.05, 4.69) is 4.98 Å². The summed E-state index contributed by atoms with van der Waals surface area (Å²) in [5.74, 6) is -0.208. The van der Waals surface area contributed by atoms with Crippen molar-refractivity contribution in [2.75, 3.05) is 26.2 Å². The van der Waals surface area contributed by atoms with Crippen LogP contribution in [0.1, 0.15) is 31.1 Å². The van der Waals surface area contributed by atoms with Gasteiger partial charge in [-0.3, -0.25) is 9.36 Å². The second-order valence-corrected chi connectivity index (χ2v) is 9.31. The number of rotatable bonds is 2. The molecule has 0 saturated carbocycles. The molecule has 168 valence electrons. The highest BCUT2D eigenvalue weighted by Gasteiger charge is 2.31. The number of halogens is 2. The van der Waals surface area contributed by atoms with Crippen LogP contribution in [0.3, 0.4) is 0 Å². The average Bonchev–Trinajstić information content (AvgIpc) is 3.06. The Labute approximate surface area is 196 Å². The molecule has 0 spiro atoms. The molecular weight excluding hydrogens is 451 g/mol. The van der Waals surface area contributed by atoms with Gasteiger partial charge in [0.1, 0.15) is 10.8 Å². The molecule has 0 aliphatic carbocycles. The summed E-state index contributed by atoms with van der Waals surface area (Å²) in [4.78, 5) is 33.4. The van der Waals surface area contributed by atoms with Crippen LogP contribution in [0.25, 0.3) is 16.6 Å². The summed E-state index contributed by atoms with van der Waals surface area (Å²) in [5.41, 5.74) is 1.18. The number of carbonyl (C=O) groups excluding carboxylic acids is 2.